The monoisotopic (exact) mass is 306 g/mol. The normalized spacial score (nSPS) is 12.4. The van der Waals surface area contributed by atoms with Gasteiger partial charge in [-0.3, -0.25) is 0 Å². The van der Waals surface area contributed by atoms with E-state index in [1.54, 1.807) is 0 Å². The molecular weight excluding hydrogens is 284 g/mol. The minimum Gasteiger partial charge on any atom is -0.348 e. The zero-order chi connectivity index (χ0) is 15.4. The van der Waals surface area contributed by atoms with E-state index in [0.29, 0.717) is 6.04 Å². The smallest absolute Gasteiger partial charge is 0.204 e. The number of halogens is 1. The molecule has 0 radical (unpaired) electrons. The van der Waals surface area contributed by atoms with E-state index in [9.17, 15) is 0 Å². The third-order valence-corrected chi connectivity index (χ3v) is 3.94. The van der Waals surface area contributed by atoms with Crippen molar-refractivity contribution in [2.45, 2.75) is 25.9 Å². The summed E-state index contributed by atoms with van der Waals surface area (Å²) < 4.78 is 2.11. The van der Waals surface area contributed by atoms with Crippen LogP contribution in [0.2, 0.25) is 5.02 Å². The SMILES string of the molecule is CC(Cc1ccccc1Cl)NCc1cnc(N(C)C)n1C. The molecule has 0 fully saturated rings. The average Bonchev–Trinajstić information content (AvgIpc) is 2.80. The summed E-state index contributed by atoms with van der Waals surface area (Å²) in [7, 11) is 6.04. The second kappa shape index (κ2) is 6.96. The molecule has 114 valence electrons. The molecule has 1 unspecified atom stereocenters. The van der Waals surface area contributed by atoms with Crippen LogP contribution in [0, 0.1) is 0 Å². The number of nitrogens with one attached hydrogen (secondary N) is 1. The van der Waals surface area contributed by atoms with E-state index in [1.165, 1.54) is 11.3 Å². The molecule has 2 aromatic rings. The first-order valence-corrected chi connectivity index (χ1v) is 7.51. The molecule has 0 aliphatic carbocycles. The van der Waals surface area contributed by atoms with Crippen molar-refractivity contribution >= 4 is 17.5 Å². The van der Waals surface area contributed by atoms with Gasteiger partial charge in [0.2, 0.25) is 5.95 Å². The van der Waals surface area contributed by atoms with Crippen molar-refractivity contribution in [1.29, 1.82) is 0 Å². The van der Waals surface area contributed by atoms with Gasteiger partial charge in [-0.1, -0.05) is 29.8 Å². The first kappa shape index (κ1) is 15.9. The molecule has 2 rings (SSSR count). The zero-order valence-corrected chi connectivity index (χ0v) is 13.9. The van der Waals surface area contributed by atoms with Gasteiger partial charge < -0.3 is 14.8 Å². The Kier molecular flexibility index (Phi) is 5.26. The zero-order valence-electron chi connectivity index (χ0n) is 13.1. The van der Waals surface area contributed by atoms with Gasteiger partial charge in [-0.05, 0) is 25.0 Å². The average molecular weight is 307 g/mol. The van der Waals surface area contributed by atoms with Crippen LogP contribution in [0.15, 0.2) is 30.5 Å². The highest BCUT2D eigenvalue weighted by Gasteiger charge is 2.10. The molecular formula is C16H23ClN4. The lowest BCUT2D eigenvalue weighted by Crippen LogP contribution is -2.28. The Morgan fingerprint density at radius 3 is 2.67 bits per heavy atom. The maximum atomic E-state index is 6.20. The molecule has 0 amide bonds. The van der Waals surface area contributed by atoms with Crippen molar-refractivity contribution in [2.75, 3.05) is 19.0 Å². The first-order chi connectivity index (χ1) is 9.99. The summed E-state index contributed by atoms with van der Waals surface area (Å²) in [6.45, 7) is 2.97. The molecule has 4 nitrogen and oxygen atoms in total. The fourth-order valence-corrected chi connectivity index (χ4v) is 2.57. The predicted molar refractivity (Wildman–Crippen MR) is 89.0 cm³/mol. The van der Waals surface area contributed by atoms with Crippen molar-refractivity contribution in [2.24, 2.45) is 7.05 Å². The summed E-state index contributed by atoms with van der Waals surface area (Å²) in [5.41, 5.74) is 2.35. The van der Waals surface area contributed by atoms with Crippen LogP contribution in [0.4, 0.5) is 5.95 Å². The van der Waals surface area contributed by atoms with Crippen LogP contribution < -0.4 is 10.2 Å². The second-order valence-corrected chi connectivity index (χ2v) is 5.99. The molecule has 1 N–H and O–H groups in total. The highest BCUT2D eigenvalue weighted by Crippen LogP contribution is 2.17. The van der Waals surface area contributed by atoms with Crippen LogP contribution in [0.1, 0.15) is 18.2 Å². The van der Waals surface area contributed by atoms with Crippen molar-refractivity contribution in [3.05, 3.63) is 46.7 Å². The van der Waals surface area contributed by atoms with Gasteiger partial charge in [-0.15, -0.1) is 0 Å². The molecule has 1 aromatic heterocycles. The van der Waals surface area contributed by atoms with Crippen molar-refractivity contribution in [3.8, 4) is 0 Å². The van der Waals surface area contributed by atoms with Crippen molar-refractivity contribution in [3.63, 3.8) is 0 Å². The van der Waals surface area contributed by atoms with Gasteiger partial charge in [0.15, 0.2) is 0 Å². The van der Waals surface area contributed by atoms with Gasteiger partial charge in [0.1, 0.15) is 0 Å². The number of hydrogen-bond donors (Lipinski definition) is 1. The molecule has 0 saturated heterocycles. The summed E-state index contributed by atoms with van der Waals surface area (Å²) in [5.74, 6) is 0.963. The molecule has 0 aliphatic rings. The third-order valence-electron chi connectivity index (χ3n) is 3.58. The first-order valence-electron chi connectivity index (χ1n) is 7.13. The summed E-state index contributed by atoms with van der Waals surface area (Å²) in [4.78, 5) is 6.43. The Hall–Kier alpha value is -1.52. The van der Waals surface area contributed by atoms with Crippen molar-refractivity contribution in [1.82, 2.24) is 14.9 Å². The number of hydrogen-bond acceptors (Lipinski definition) is 3. The Morgan fingerprint density at radius 1 is 1.33 bits per heavy atom. The summed E-state index contributed by atoms with van der Waals surface area (Å²) >= 11 is 6.20. The molecule has 1 aromatic carbocycles. The Balaban J connectivity index is 1.93. The third kappa shape index (κ3) is 3.99. The number of rotatable bonds is 6. The lowest BCUT2D eigenvalue weighted by Gasteiger charge is -2.16. The summed E-state index contributed by atoms with van der Waals surface area (Å²) in [6.07, 6.45) is 2.84. The van der Waals surface area contributed by atoms with Crippen LogP contribution in [0.25, 0.3) is 0 Å². The van der Waals surface area contributed by atoms with Gasteiger partial charge in [0.25, 0.3) is 0 Å². The van der Waals surface area contributed by atoms with E-state index >= 15 is 0 Å². The van der Waals surface area contributed by atoms with E-state index in [-0.39, 0.29) is 0 Å². The minimum atomic E-state index is 0.350. The number of anilines is 1. The van der Waals surface area contributed by atoms with Gasteiger partial charge in [0.05, 0.1) is 11.9 Å². The largest absolute Gasteiger partial charge is 0.348 e. The molecule has 5 heteroatoms. The van der Waals surface area contributed by atoms with Gasteiger partial charge in [-0.2, -0.15) is 0 Å². The molecule has 1 atom stereocenters. The van der Waals surface area contributed by atoms with Crippen molar-refractivity contribution < 1.29 is 0 Å². The van der Waals surface area contributed by atoms with Crippen LogP contribution in [-0.2, 0) is 20.0 Å². The highest BCUT2D eigenvalue weighted by molar-refractivity contribution is 6.31. The predicted octanol–water partition coefficient (Wildman–Crippen LogP) is 2.86. The fraction of sp³-hybridized carbons (Fsp3) is 0.438. The molecule has 0 spiro atoms. The van der Waals surface area contributed by atoms with E-state index in [4.69, 9.17) is 11.6 Å². The summed E-state index contributed by atoms with van der Waals surface area (Å²) in [6, 6.07) is 8.35. The Labute approximate surface area is 131 Å². The lowest BCUT2D eigenvalue weighted by atomic mass is 10.1. The van der Waals surface area contributed by atoms with E-state index in [2.05, 4.69) is 27.9 Å². The van der Waals surface area contributed by atoms with Gasteiger partial charge >= 0.3 is 0 Å². The Morgan fingerprint density at radius 2 is 2.05 bits per heavy atom. The van der Waals surface area contributed by atoms with E-state index in [0.717, 1.165) is 23.9 Å². The molecule has 21 heavy (non-hydrogen) atoms. The van der Waals surface area contributed by atoms with Gasteiger partial charge in [-0.25, -0.2) is 4.98 Å². The molecule has 0 aliphatic heterocycles. The number of imidazole rings is 1. The van der Waals surface area contributed by atoms with Crippen LogP contribution in [0.5, 0.6) is 0 Å². The van der Waals surface area contributed by atoms with Crippen LogP contribution in [-0.4, -0.2) is 29.7 Å². The van der Waals surface area contributed by atoms with E-state index < -0.39 is 0 Å². The quantitative estimate of drug-likeness (QED) is 0.891. The van der Waals surface area contributed by atoms with Crippen LogP contribution >= 0.6 is 11.6 Å². The topological polar surface area (TPSA) is 33.1 Å². The fourth-order valence-electron chi connectivity index (χ4n) is 2.36. The van der Waals surface area contributed by atoms with Gasteiger partial charge in [0, 0.05) is 38.8 Å². The number of benzene rings is 1. The minimum absolute atomic E-state index is 0.350. The number of aromatic nitrogens is 2. The lowest BCUT2D eigenvalue weighted by molar-refractivity contribution is 0.532. The molecule has 0 saturated carbocycles. The van der Waals surface area contributed by atoms with E-state index in [1.807, 2.05) is 50.4 Å². The Bertz CT molecular complexity index is 592. The number of nitrogens with zero attached hydrogens (tertiary/aromatic N) is 3. The standard InChI is InChI=1S/C16H23ClN4/c1-12(9-13-7-5-6-8-15(13)17)18-10-14-11-19-16(20(2)3)21(14)4/h5-8,11-12,18H,9-10H2,1-4H3. The second-order valence-electron chi connectivity index (χ2n) is 5.58. The van der Waals surface area contributed by atoms with Crippen LogP contribution in [0.3, 0.4) is 0 Å². The maximum Gasteiger partial charge on any atom is 0.204 e. The highest BCUT2D eigenvalue weighted by atomic mass is 35.5. The maximum absolute atomic E-state index is 6.20. The summed E-state index contributed by atoms with van der Waals surface area (Å²) in [5, 5.41) is 4.36. The molecule has 1 heterocycles. The molecule has 0 bridgehead atoms.